The molecule has 0 atom stereocenters. The second-order valence-corrected chi connectivity index (χ2v) is 6.11. The van der Waals surface area contributed by atoms with Crippen molar-refractivity contribution in [2.45, 2.75) is 12.8 Å². The van der Waals surface area contributed by atoms with Crippen LogP contribution in [0.3, 0.4) is 0 Å². The number of hydrogen-bond acceptors (Lipinski definition) is 4. The summed E-state index contributed by atoms with van der Waals surface area (Å²) in [6, 6.07) is 7.24. The van der Waals surface area contributed by atoms with Gasteiger partial charge in [-0.05, 0) is 25.0 Å². The first-order chi connectivity index (χ1) is 8.46. The van der Waals surface area contributed by atoms with Gasteiger partial charge in [0.2, 0.25) is 10.0 Å². The molecule has 0 fully saturated rings. The summed E-state index contributed by atoms with van der Waals surface area (Å²) in [5.74, 6) is 0.0231. The minimum atomic E-state index is -3.35. The summed E-state index contributed by atoms with van der Waals surface area (Å²) in [4.78, 5) is 1.85. The maximum atomic E-state index is 11.8. The van der Waals surface area contributed by atoms with Crippen LogP contribution in [0.5, 0.6) is 0 Å². The minimum absolute atomic E-state index is 0.0177. The highest BCUT2D eigenvalue weighted by Gasteiger charge is 2.12. The fourth-order valence-corrected chi connectivity index (χ4v) is 2.77. The molecule has 0 radical (unpaired) electrons. The van der Waals surface area contributed by atoms with Gasteiger partial charge in [0.15, 0.2) is 0 Å². The van der Waals surface area contributed by atoms with Gasteiger partial charge in [0.25, 0.3) is 0 Å². The SMILES string of the molecule is CN(C)c1ccccc1NS(=O)(=O)CCCCO. The van der Waals surface area contributed by atoms with Gasteiger partial charge >= 0.3 is 0 Å². The van der Waals surface area contributed by atoms with Gasteiger partial charge in [0.05, 0.1) is 17.1 Å². The van der Waals surface area contributed by atoms with E-state index < -0.39 is 10.0 Å². The molecule has 18 heavy (non-hydrogen) atoms. The van der Waals surface area contributed by atoms with Crippen LogP contribution in [0, 0.1) is 0 Å². The van der Waals surface area contributed by atoms with Crippen molar-refractivity contribution in [3.05, 3.63) is 24.3 Å². The van der Waals surface area contributed by atoms with Crippen molar-refractivity contribution in [2.24, 2.45) is 0 Å². The highest BCUT2D eigenvalue weighted by Crippen LogP contribution is 2.24. The molecule has 0 spiro atoms. The van der Waals surface area contributed by atoms with E-state index in [1.807, 2.05) is 31.1 Å². The number of anilines is 2. The first kappa shape index (κ1) is 14.8. The third kappa shape index (κ3) is 4.54. The maximum Gasteiger partial charge on any atom is 0.232 e. The topological polar surface area (TPSA) is 69.6 Å². The van der Waals surface area contributed by atoms with Gasteiger partial charge < -0.3 is 10.0 Å². The number of nitrogens with one attached hydrogen (secondary N) is 1. The molecule has 0 aliphatic rings. The van der Waals surface area contributed by atoms with Crippen molar-refractivity contribution in [3.8, 4) is 0 Å². The number of unbranched alkanes of at least 4 members (excludes halogenated alkanes) is 1. The summed E-state index contributed by atoms with van der Waals surface area (Å²) in [6.07, 6.45) is 0.951. The molecule has 1 rings (SSSR count). The zero-order valence-electron chi connectivity index (χ0n) is 10.8. The van der Waals surface area contributed by atoms with Gasteiger partial charge in [-0.25, -0.2) is 8.42 Å². The first-order valence-electron chi connectivity index (χ1n) is 5.84. The van der Waals surface area contributed by atoms with E-state index in [0.29, 0.717) is 18.5 Å². The van der Waals surface area contributed by atoms with Crippen LogP contribution in [-0.2, 0) is 10.0 Å². The molecular formula is C12H20N2O3S. The number of rotatable bonds is 7. The number of benzene rings is 1. The van der Waals surface area contributed by atoms with E-state index >= 15 is 0 Å². The smallest absolute Gasteiger partial charge is 0.232 e. The zero-order chi connectivity index (χ0) is 13.6. The lowest BCUT2D eigenvalue weighted by atomic mass is 10.2. The molecule has 0 aromatic heterocycles. The van der Waals surface area contributed by atoms with Crippen molar-refractivity contribution >= 4 is 21.4 Å². The van der Waals surface area contributed by atoms with Crippen LogP contribution in [0.25, 0.3) is 0 Å². The Morgan fingerprint density at radius 3 is 2.50 bits per heavy atom. The minimum Gasteiger partial charge on any atom is -0.396 e. The van der Waals surface area contributed by atoms with Crippen molar-refractivity contribution in [1.29, 1.82) is 0 Å². The van der Waals surface area contributed by atoms with E-state index in [1.54, 1.807) is 12.1 Å². The van der Waals surface area contributed by atoms with Crippen LogP contribution >= 0.6 is 0 Å². The van der Waals surface area contributed by atoms with Gasteiger partial charge in [-0.15, -0.1) is 0 Å². The highest BCUT2D eigenvalue weighted by atomic mass is 32.2. The average Bonchev–Trinajstić information content (AvgIpc) is 2.29. The molecule has 6 heteroatoms. The molecule has 0 bridgehead atoms. The van der Waals surface area contributed by atoms with E-state index in [9.17, 15) is 8.42 Å². The lowest BCUT2D eigenvalue weighted by molar-refractivity contribution is 0.287. The van der Waals surface area contributed by atoms with E-state index in [2.05, 4.69) is 4.72 Å². The number of sulfonamides is 1. The van der Waals surface area contributed by atoms with Crippen LogP contribution in [0.4, 0.5) is 11.4 Å². The van der Waals surface area contributed by atoms with Gasteiger partial charge in [0, 0.05) is 20.7 Å². The van der Waals surface area contributed by atoms with Crippen LogP contribution in [0.2, 0.25) is 0 Å². The van der Waals surface area contributed by atoms with Gasteiger partial charge in [0.1, 0.15) is 0 Å². The fourth-order valence-electron chi connectivity index (χ4n) is 1.57. The van der Waals surface area contributed by atoms with E-state index in [-0.39, 0.29) is 12.4 Å². The highest BCUT2D eigenvalue weighted by molar-refractivity contribution is 7.92. The molecule has 1 aromatic carbocycles. The fraction of sp³-hybridized carbons (Fsp3) is 0.500. The molecule has 0 unspecified atom stereocenters. The summed E-state index contributed by atoms with van der Waals surface area (Å²) >= 11 is 0. The van der Waals surface area contributed by atoms with E-state index in [4.69, 9.17) is 5.11 Å². The molecule has 0 saturated carbocycles. The number of hydrogen-bond donors (Lipinski definition) is 2. The Kier molecular flexibility index (Phi) is 5.43. The average molecular weight is 272 g/mol. The van der Waals surface area contributed by atoms with Crippen LogP contribution in [-0.4, -0.2) is 40.0 Å². The number of aliphatic hydroxyl groups excluding tert-OH is 1. The van der Waals surface area contributed by atoms with Gasteiger partial charge in [-0.3, -0.25) is 4.72 Å². The summed E-state index contributed by atoms with van der Waals surface area (Å²) in [7, 11) is 0.369. The molecule has 0 heterocycles. The van der Waals surface area contributed by atoms with Crippen LogP contribution < -0.4 is 9.62 Å². The number of aliphatic hydroxyl groups is 1. The lowest BCUT2D eigenvalue weighted by Crippen LogP contribution is -2.19. The molecule has 0 aliphatic carbocycles. The monoisotopic (exact) mass is 272 g/mol. The van der Waals surface area contributed by atoms with Crippen molar-refractivity contribution in [2.75, 3.05) is 36.1 Å². The van der Waals surface area contributed by atoms with Crippen molar-refractivity contribution < 1.29 is 13.5 Å². The predicted molar refractivity (Wildman–Crippen MR) is 74.5 cm³/mol. The molecule has 0 saturated heterocycles. The summed E-state index contributed by atoms with van der Waals surface area (Å²) in [6.45, 7) is 0.0177. The summed E-state index contributed by atoms with van der Waals surface area (Å²) in [5, 5.41) is 8.65. The van der Waals surface area contributed by atoms with Crippen LogP contribution in [0.1, 0.15) is 12.8 Å². The molecular weight excluding hydrogens is 252 g/mol. The molecule has 0 amide bonds. The third-order valence-electron chi connectivity index (χ3n) is 2.47. The predicted octanol–water partition coefficient (Wildman–Crippen LogP) is 1.27. The summed E-state index contributed by atoms with van der Waals surface area (Å²) < 4.78 is 26.3. The maximum absolute atomic E-state index is 11.8. The third-order valence-corrected chi connectivity index (χ3v) is 3.83. The molecule has 102 valence electrons. The quantitative estimate of drug-likeness (QED) is 0.733. The normalized spacial score (nSPS) is 11.3. The Labute approximate surface area is 108 Å². The Bertz CT molecular complexity index is 472. The largest absolute Gasteiger partial charge is 0.396 e. The van der Waals surface area contributed by atoms with E-state index in [1.165, 1.54) is 0 Å². The van der Waals surface area contributed by atoms with E-state index in [0.717, 1.165) is 5.69 Å². The molecule has 2 N–H and O–H groups in total. The second kappa shape index (κ2) is 6.61. The van der Waals surface area contributed by atoms with Crippen LogP contribution in [0.15, 0.2) is 24.3 Å². The number of nitrogens with zero attached hydrogens (tertiary/aromatic N) is 1. The summed E-state index contributed by atoms with van der Waals surface area (Å²) in [5.41, 5.74) is 1.40. The second-order valence-electron chi connectivity index (χ2n) is 4.26. The Morgan fingerprint density at radius 2 is 1.89 bits per heavy atom. The van der Waals surface area contributed by atoms with Crippen molar-refractivity contribution in [1.82, 2.24) is 0 Å². The molecule has 1 aromatic rings. The van der Waals surface area contributed by atoms with Crippen molar-refractivity contribution in [3.63, 3.8) is 0 Å². The van der Waals surface area contributed by atoms with Gasteiger partial charge in [-0.2, -0.15) is 0 Å². The Hall–Kier alpha value is -1.27. The Balaban J connectivity index is 2.78. The number of para-hydroxylation sites is 2. The molecule has 5 nitrogen and oxygen atoms in total. The standard InChI is InChI=1S/C12H20N2O3S/c1-14(2)12-8-4-3-7-11(12)13-18(16,17)10-6-5-9-15/h3-4,7-8,13,15H,5-6,9-10H2,1-2H3. The Morgan fingerprint density at radius 1 is 1.22 bits per heavy atom. The lowest BCUT2D eigenvalue weighted by Gasteiger charge is -2.18. The molecule has 0 aliphatic heterocycles. The zero-order valence-corrected chi connectivity index (χ0v) is 11.6. The van der Waals surface area contributed by atoms with Gasteiger partial charge in [-0.1, -0.05) is 12.1 Å². The first-order valence-corrected chi connectivity index (χ1v) is 7.49.